The highest BCUT2D eigenvalue weighted by Crippen LogP contribution is 2.60. The van der Waals surface area contributed by atoms with Gasteiger partial charge in [-0.2, -0.15) is 9.29 Å². The molecule has 0 aliphatic carbocycles. The number of allylic oxidation sites excluding steroid dienone is 8. The van der Waals surface area contributed by atoms with E-state index in [2.05, 4.69) is 23.1 Å². The van der Waals surface area contributed by atoms with Gasteiger partial charge in [-0.1, -0.05) is 177 Å². The van der Waals surface area contributed by atoms with Crippen LogP contribution in [-0.4, -0.2) is 108 Å². The van der Waals surface area contributed by atoms with Crippen LogP contribution in [0.2, 0.25) is 0 Å². The first kappa shape index (κ1) is 67.2. The first-order valence-corrected chi connectivity index (χ1v) is 29.5. The molecule has 426 valence electrons. The maximum Gasteiger partial charge on any atom is 0.481 e. The molecule has 1 aromatic heterocycles. The molecule has 20 nitrogen and oxygen atoms in total. The molecule has 1 aromatic rings. The second kappa shape index (κ2) is 39.5. The van der Waals surface area contributed by atoms with Crippen molar-refractivity contribution < 1.29 is 76.5 Å². The number of aliphatic hydroxyl groups excluding tert-OH is 4. The Hall–Kier alpha value is -3.88. The van der Waals surface area contributed by atoms with Crippen LogP contribution in [0, 0.1) is 5.92 Å². The standard InChI is InChI=1S/C53H87N3O17P2/c1-4-5-23-31-43(57)32-25-19-15-13-16-20-26-33-44(58)34-27-22-29-36-49(60)71-45(39-68-48(59)35-28-21-17-12-10-8-6-7-9-11-14-18-24-30-42(2)3)40-69-74(64,65)73-75(66,67)70-41-46-50(61)51(62)52(72-46)56-38-37-47(54)55-53(56)63/h5,15-16,19-20,23,25-27,32-34,37-38,42-46,50-52,57-58,61-62H,4,6-14,17-18,21-22,24,28-31,35-36,39-41H2,1-3H3,(H,64,65)(H,66,67)(H2,54,55,63)/b19-15-,20-16-,23-5-,32-25+,33-26+,34-27-/t43-,44-,45+,46+,50+,51+,52+/m0/s1. The third kappa shape index (κ3) is 33.1. The van der Waals surface area contributed by atoms with Gasteiger partial charge in [-0.15, -0.1) is 0 Å². The maximum absolute atomic E-state index is 12.9. The van der Waals surface area contributed by atoms with E-state index in [4.69, 9.17) is 29.0 Å². The highest BCUT2D eigenvalue weighted by atomic mass is 31.3. The molecule has 0 saturated carbocycles. The van der Waals surface area contributed by atoms with Crippen molar-refractivity contribution in [2.24, 2.45) is 5.92 Å². The van der Waals surface area contributed by atoms with E-state index < -0.39 is 95.9 Å². The van der Waals surface area contributed by atoms with Crippen LogP contribution in [0.15, 0.2) is 90.0 Å². The second-order valence-corrected chi connectivity index (χ2v) is 21.9. The molecule has 0 spiro atoms. The first-order chi connectivity index (χ1) is 35.8. The average Bonchev–Trinajstić information content (AvgIpc) is 3.63. The fourth-order valence-corrected chi connectivity index (χ4v) is 9.64. The number of unbranched alkanes of at least 4 members (excludes halogenated alkanes) is 13. The predicted molar refractivity (Wildman–Crippen MR) is 287 cm³/mol. The van der Waals surface area contributed by atoms with Gasteiger partial charge in [0.15, 0.2) is 12.3 Å². The van der Waals surface area contributed by atoms with Crippen molar-refractivity contribution >= 4 is 33.4 Å². The average molecular weight is 1100 g/mol. The summed E-state index contributed by atoms with van der Waals surface area (Å²) >= 11 is 0. The van der Waals surface area contributed by atoms with Gasteiger partial charge in [0.1, 0.15) is 30.7 Å². The van der Waals surface area contributed by atoms with Crippen molar-refractivity contribution in [3.05, 3.63) is 95.7 Å². The second-order valence-electron chi connectivity index (χ2n) is 18.9. The summed E-state index contributed by atoms with van der Waals surface area (Å²) in [7, 11) is -10.9. The van der Waals surface area contributed by atoms with E-state index in [-0.39, 0.29) is 25.1 Å². The van der Waals surface area contributed by atoms with Crippen molar-refractivity contribution in [3.63, 3.8) is 0 Å². The number of anilines is 1. The lowest BCUT2D eigenvalue weighted by molar-refractivity contribution is -0.161. The van der Waals surface area contributed by atoms with Crippen molar-refractivity contribution in [1.82, 2.24) is 9.55 Å². The van der Waals surface area contributed by atoms with Crippen LogP contribution in [0.5, 0.6) is 0 Å². The van der Waals surface area contributed by atoms with E-state index in [1.807, 2.05) is 37.3 Å². The van der Waals surface area contributed by atoms with E-state index in [1.165, 1.54) is 63.9 Å². The number of carbonyl (C=O) groups excluding carboxylic acids is 2. The molecule has 2 unspecified atom stereocenters. The van der Waals surface area contributed by atoms with Gasteiger partial charge in [-0.05, 0) is 50.5 Å². The van der Waals surface area contributed by atoms with E-state index in [0.29, 0.717) is 25.7 Å². The predicted octanol–water partition coefficient (Wildman–Crippen LogP) is 9.08. The Morgan fingerprint density at radius 1 is 0.760 bits per heavy atom. The zero-order chi connectivity index (χ0) is 55.3. The largest absolute Gasteiger partial charge is 0.481 e. The van der Waals surface area contributed by atoms with E-state index in [0.717, 1.165) is 48.8 Å². The molecule has 75 heavy (non-hydrogen) atoms. The molecule has 22 heteroatoms. The first-order valence-electron chi connectivity index (χ1n) is 26.5. The summed E-state index contributed by atoms with van der Waals surface area (Å²) in [6, 6.07) is 1.23. The van der Waals surface area contributed by atoms with Crippen molar-refractivity contribution in [3.8, 4) is 0 Å². The van der Waals surface area contributed by atoms with Crippen molar-refractivity contribution in [1.29, 1.82) is 0 Å². The van der Waals surface area contributed by atoms with Crippen molar-refractivity contribution in [2.45, 2.75) is 198 Å². The Morgan fingerprint density at radius 2 is 1.36 bits per heavy atom. The van der Waals surface area contributed by atoms with Gasteiger partial charge in [0.05, 0.1) is 25.4 Å². The third-order valence-electron chi connectivity index (χ3n) is 11.7. The van der Waals surface area contributed by atoms with E-state index in [1.54, 1.807) is 42.5 Å². The van der Waals surface area contributed by atoms with Gasteiger partial charge in [0.25, 0.3) is 0 Å². The fraction of sp³-hybridized carbons (Fsp3) is 0.660. The molecule has 0 radical (unpaired) electrons. The number of ether oxygens (including phenoxy) is 3. The Bertz CT molecular complexity index is 2090. The molecule has 0 bridgehead atoms. The Balaban J connectivity index is 1.86. The molecule has 0 aromatic carbocycles. The van der Waals surface area contributed by atoms with Crippen LogP contribution >= 0.6 is 15.6 Å². The lowest BCUT2D eigenvalue weighted by Gasteiger charge is -2.21. The zero-order valence-electron chi connectivity index (χ0n) is 44.2. The SMILES string of the molecule is CC/C=C\C[C@H](O)/C=C/C=C\C/C=C\C=C\[C@H](O)/C=C\CCCC(=O)O[C@H](COC(=O)CCCCCCCCCCCCCCCC(C)C)COP(=O)(O)OP(=O)(O)OC[C@H]1O[C@@H](n2ccc(N)nc2=O)[C@H](O)[C@@H]1O. The number of aliphatic hydroxyl groups is 4. The number of phosphoric acid groups is 2. The Labute approximate surface area is 443 Å². The summed E-state index contributed by atoms with van der Waals surface area (Å²) in [4.78, 5) is 62.0. The molecule has 1 saturated heterocycles. The van der Waals surface area contributed by atoms with Crippen LogP contribution in [-0.2, 0) is 46.3 Å². The van der Waals surface area contributed by atoms with Gasteiger partial charge in [-0.25, -0.2) is 13.9 Å². The van der Waals surface area contributed by atoms with Crippen molar-refractivity contribution in [2.75, 3.05) is 25.6 Å². The quantitative estimate of drug-likeness (QED) is 0.0105. The number of aromatic nitrogens is 2. The molecule has 9 atom stereocenters. The highest BCUT2D eigenvalue weighted by molar-refractivity contribution is 7.61. The number of phosphoric ester groups is 2. The number of carbonyl (C=O) groups is 2. The Kier molecular flexibility index (Phi) is 35.4. The van der Waals surface area contributed by atoms with Gasteiger partial charge in [-0.3, -0.25) is 23.2 Å². The van der Waals surface area contributed by atoms with E-state index >= 15 is 0 Å². The molecule has 1 aliphatic rings. The molecular weight excluding hydrogens is 1010 g/mol. The third-order valence-corrected chi connectivity index (χ3v) is 14.3. The number of nitrogens with zero attached hydrogens (tertiary/aromatic N) is 2. The summed E-state index contributed by atoms with van der Waals surface area (Å²) < 4.78 is 56.7. The lowest BCUT2D eigenvalue weighted by Crippen LogP contribution is -2.36. The Morgan fingerprint density at radius 3 is 1.99 bits per heavy atom. The van der Waals surface area contributed by atoms with Crippen LogP contribution < -0.4 is 11.4 Å². The fourth-order valence-electron chi connectivity index (χ4n) is 7.53. The maximum atomic E-state index is 12.9. The van der Waals surface area contributed by atoms with E-state index in [9.17, 15) is 53.7 Å². The summed E-state index contributed by atoms with van der Waals surface area (Å²) in [5, 5.41) is 41.1. The molecule has 2 rings (SSSR count). The summed E-state index contributed by atoms with van der Waals surface area (Å²) in [5.41, 5.74) is 4.57. The molecule has 8 N–H and O–H groups in total. The minimum atomic E-state index is -5.48. The normalized spacial score (nSPS) is 20.3. The van der Waals surface area contributed by atoms with Crippen LogP contribution in [0.3, 0.4) is 0 Å². The number of hydrogen-bond acceptors (Lipinski definition) is 17. The molecular formula is C53H87N3O17P2. The summed E-state index contributed by atoms with van der Waals surface area (Å²) in [5.74, 6) is -0.719. The molecule has 1 aliphatic heterocycles. The molecule has 2 heterocycles. The van der Waals surface area contributed by atoms with Crippen LogP contribution in [0.4, 0.5) is 5.82 Å². The number of hydrogen-bond donors (Lipinski definition) is 7. The minimum absolute atomic E-state index is 0.0825. The van der Waals surface area contributed by atoms with Gasteiger partial charge >= 0.3 is 33.3 Å². The molecule has 0 amide bonds. The number of nitrogen functional groups attached to an aromatic ring is 1. The monoisotopic (exact) mass is 1100 g/mol. The smallest absolute Gasteiger partial charge is 0.462 e. The topological polar surface area (TPSA) is 306 Å². The van der Waals surface area contributed by atoms with Gasteiger partial charge in [0.2, 0.25) is 0 Å². The highest BCUT2D eigenvalue weighted by Gasteiger charge is 2.46. The van der Waals surface area contributed by atoms with Gasteiger partial charge in [0, 0.05) is 19.0 Å². The number of esters is 2. The number of nitrogens with two attached hydrogens (primary N) is 1. The van der Waals surface area contributed by atoms with Crippen LogP contribution in [0.25, 0.3) is 0 Å². The summed E-state index contributed by atoms with van der Waals surface area (Å²) in [6.45, 7) is 4.09. The number of rotatable bonds is 42. The minimum Gasteiger partial charge on any atom is -0.462 e. The van der Waals surface area contributed by atoms with Gasteiger partial charge < -0.3 is 50.2 Å². The zero-order valence-corrected chi connectivity index (χ0v) is 46.0. The summed E-state index contributed by atoms with van der Waals surface area (Å²) in [6.07, 6.45) is 32.0. The van der Waals surface area contributed by atoms with Crippen LogP contribution in [0.1, 0.15) is 162 Å². The molecule has 1 fully saturated rings. The lowest BCUT2D eigenvalue weighted by atomic mass is 10.0.